The van der Waals surface area contributed by atoms with E-state index in [1.165, 1.54) is 11.8 Å². The molecule has 0 radical (unpaired) electrons. The number of hydrogen-bond acceptors (Lipinski definition) is 6. The van der Waals surface area contributed by atoms with Gasteiger partial charge in [-0.05, 0) is 30.3 Å². The number of thioether (sulfide) groups is 1. The van der Waals surface area contributed by atoms with Crippen molar-refractivity contribution in [2.75, 3.05) is 5.75 Å². The molecule has 1 aromatic heterocycles. The molecule has 0 unspecified atom stereocenters. The number of hydrogen-bond donors (Lipinski definition) is 1. The summed E-state index contributed by atoms with van der Waals surface area (Å²) in [6, 6.07) is 9.47. The van der Waals surface area contributed by atoms with Crippen molar-refractivity contribution in [2.24, 2.45) is 10.1 Å². The Morgan fingerprint density at radius 1 is 1.31 bits per heavy atom. The van der Waals surface area contributed by atoms with Gasteiger partial charge in [-0.25, -0.2) is 5.01 Å². The predicted molar refractivity (Wildman–Crippen MR) is 105 cm³/mol. The van der Waals surface area contributed by atoms with E-state index in [2.05, 4.69) is 37.9 Å². The second kappa shape index (κ2) is 7.05. The molecule has 2 aliphatic heterocycles. The maximum Gasteiger partial charge on any atom is 0.276 e. The number of pyridine rings is 1. The van der Waals surface area contributed by atoms with Crippen LogP contribution in [-0.2, 0) is 4.79 Å². The molecule has 26 heavy (non-hydrogen) atoms. The van der Waals surface area contributed by atoms with Crippen LogP contribution in [0.1, 0.15) is 11.7 Å². The topological polar surface area (TPSA) is 70.0 Å². The zero-order chi connectivity index (χ0) is 18.1. The van der Waals surface area contributed by atoms with Crippen LogP contribution < -0.4 is 15.9 Å². The molecule has 6 nitrogen and oxygen atoms in total. The third-order valence-electron chi connectivity index (χ3n) is 3.91. The number of nitrogens with one attached hydrogen (secondary N) is 1. The number of rotatable bonds is 3. The summed E-state index contributed by atoms with van der Waals surface area (Å²) in [6.07, 6.45) is 4.77. The molecule has 2 aromatic rings. The molecule has 130 valence electrons. The van der Waals surface area contributed by atoms with Crippen molar-refractivity contribution < 1.29 is 4.79 Å². The lowest BCUT2D eigenvalue weighted by Crippen LogP contribution is -2.50. The molecule has 0 fully saturated rings. The van der Waals surface area contributed by atoms with Gasteiger partial charge in [-0.1, -0.05) is 33.8 Å². The first-order chi connectivity index (χ1) is 12.7. The molecule has 0 spiro atoms. The van der Waals surface area contributed by atoms with Gasteiger partial charge in [0.1, 0.15) is 5.70 Å². The minimum Gasteiger partial charge on any atom is -0.298 e. The highest BCUT2D eigenvalue weighted by Crippen LogP contribution is 2.30. The first-order valence-corrected chi connectivity index (χ1v) is 9.66. The quantitative estimate of drug-likeness (QED) is 0.759. The number of aromatic nitrogens is 1. The summed E-state index contributed by atoms with van der Waals surface area (Å²) in [6.45, 7) is 3.71. The first kappa shape index (κ1) is 17.0. The third kappa shape index (κ3) is 3.06. The zero-order valence-corrected chi connectivity index (χ0v) is 16.0. The van der Waals surface area contributed by atoms with Crippen molar-refractivity contribution >= 4 is 44.5 Å². The number of carbonyl (C=O) groups is 1. The average molecular weight is 428 g/mol. The van der Waals surface area contributed by atoms with Gasteiger partial charge in [0.25, 0.3) is 5.91 Å². The second-order valence-electron chi connectivity index (χ2n) is 5.60. The Balaban J connectivity index is 1.93. The van der Waals surface area contributed by atoms with E-state index in [-0.39, 0.29) is 5.91 Å². The lowest BCUT2D eigenvalue weighted by atomic mass is 10.1. The van der Waals surface area contributed by atoms with E-state index in [0.717, 1.165) is 20.6 Å². The van der Waals surface area contributed by atoms with Crippen LogP contribution in [0.25, 0.3) is 5.70 Å². The van der Waals surface area contributed by atoms with Gasteiger partial charge in [-0.2, -0.15) is 0 Å². The zero-order valence-electron chi connectivity index (χ0n) is 13.6. The number of halogens is 1. The molecule has 0 aliphatic carbocycles. The van der Waals surface area contributed by atoms with Gasteiger partial charge in [0, 0.05) is 33.4 Å². The molecule has 4 rings (SSSR count). The van der Waals surface area contributed by atoms with Gasteiger partial charge in [-0.15, -0.1) is 11.7 Å². The van der Waals surface area contributed by atoms with Crippen molar-refractivity contribution in [3.8, 4) is 0 Å². The van der Waals surface area contributed by atoms with Crippen molar-refractivity contribution in [2.45, 2.75) is 6.17 Å². The standard InChI is InChI=1S/C18H14BrN5OS/c1-2-9-26-18-22-17(25)15-13-10-12(19)3-4-14(13)21-16(24(15)23-18)11-5-7-20-8-6-11/h2-8,10,16H,1,9H2,(H,22,23,25)/t16-/m1/s1. The van der Waals surface area contributed by atoms with E-state index in [1.807, 2.05) is 30.3 Å². The molecule has 0 bridgehead atoms. The summed E-state index contributed by atoms with van der Waals surface area (Å²) >= 11 is 4.89. The van der Waals surface area contributed by atoms with Crippen molar-refractivity contribution in [3.05, 3.63) is 76.0 Å². The lowest BCUT2D eigenvalue weighted by Gasteiger charge is -2.34. The van der Waals surface area contributed by atoms with Crippen molar-refractivity contribution in [3.63, 3.8) is 0 Å². The van der Waals surface area contributed by atoms with Crippen LogP contribution in [0.4, 0.5) is 0 Å². The van der Waals surface area contributed by atoms with E-state index < -0.39 is 6.17 Å². The van der Waals surface area contributed by atoms with Gasteiger partial charge >= 0.3 is 0 Å². The Hall–Kier alpha value is -2.45. The summed E-state index contributed by atoms with van der Waals surface area (Å²) in [5.41, 5.74) is 1.40. The van der Waals surface area contributed by atoms with Gasteiger partial charge in [0.2, 0.25) is 0 Å². The fourth-order valence-electron chi connectivity index (χ4n) is 2.81. The van der Waals surface area contributed by atoms with Crippen LogP contribution in [0.2, 0.25) is 0 Å². The number of carbonyl (C=O) groups excluding carboxylic acids is 1. The van der Waals surface area contributed by atoms with E-state index >= 15 is 0 Å². The highest BCUT2D eigenvalue weighted by Gasteiger charge is 2.34. The average Bonchev–Trinajstić information content (AvgIpc) is 2.66. The molecule has 2 aliphatic rings. The summed E-state index contributed by atoms with van der Waals surface area (Å²) in [5.74, 6) is 0.460. The molecule has 1 aromatic carbocycles. The lowest BCUT2D eigenvalue weighted by molar-refractivity contribution is -0.116. The summed E-state index contributed by atoms with van der Waals surface area (Å²) in [7, 11) is 0. The van der Waals surface area contributed by atoms with E-state index in [0.29, 0.717) is 16.6 Å². The Bertz CT molecular complexity index is 1040. The number of amides is 1. The van der Waals surface area contributed by atoms with E-state index in [1.54, 1.807) is 23.5 Å². The van der Waals surface area contributed by atoms with Crippen LogP contribution in [0.15, 0.2) is 69.9 Å². The molecule has 1 atom stereocenters. The highest BCUT2D eigenvalue weighted by molar-refractivity contribution is 9.10. The second-order valence-corrected chi connectivity index (χ2v) is 7.52. The largest absolute Gasteiger partial charge is 0.298 e. The number of fused-ring (bicyclic) bond motifs is 2. The predicted octanol–water partition coefficient (Wildman–Crippen LogP) is 1.91. The summed E-state index contributed by atoms with van der Waals surface area (Å²) in [4.78, 5) is 21.8. The fraction of sp³-hybridized carbons (Fsp3) is 0.111. The first-order valence-electron chi connectivity index (χ1n) is 7.88. The summed E-state index contributed by atoms with van der Waals surface area (Å²) < 4.78 is 0.880. The molecular formula is C18H14BrN5OS. The maximum absolute atomic E-state index is 12.9. The van der Waals surface area contributed by atoms with Gasteiger partial charge in [0.05, 0.1) is 5.36 Å². The minimum atomic E-state index is -0.424. The molecule has 0 saturated heterocycles. The fourth-order valence-corrected chi connectivity index (χ4v) is 3.75. The Labute approximate surface area is 162 Å². The summed E-state index contributed by atoms with van der Waals surface area (Å²) in [5, 5.41) is 11.2. The third-order valence-corrected chi connectivity index (χ3v) is 5.26. The van der Waals surface area contributed by atoms with Crippen LogP contribution in [0.5, 0.6) is 0 Å². The Morgan fingerprint density at radius 2 is 2.12 bits per heavy atom. The monoisotopic (exact) mass is 427 g/mol. The molecule has 8 heteroatoms. The smallest absolute Gasteiger partial charge is 0.276 e. The van der Waals surface area contributed by atoms with Gasteiger partial charge in [0.15, 0.2) is 11.3 Å². The molecule has 3 heterocycles. The normalized spacial score (nSPS) is 18.3. The van der Waals surface area contributed by atoms with Crippen LogP contribution in [0.3, 0.4) is 0 Å². The Morgan fingerprint density at radius 3 is 2.88 bits per heavy atom. The number of amidine groups is 1. The molecule has 1 amide bonds. The SMILES string of the molecule is C=CCSC1=NN2C(=c3cc(Br)ccc3=N[C@H]2c2ccncc2)C(=O)N1. The van der Waals surface area contributed by atoms with Gasteiger partial charge in [-0.3, -0.25) is 20.1 Å². The highest BCUT2D eigenvalue weighted by atomic mass is 79.9. The minimum absolute atomic E-state index is 0.195. The van der Waals surface area contributed by atoms with Crippen molar-refractivity contribution in [1.82, 2.24) is 15.3 Å². The number of nitrogens with zero attached hydrogens (tertiary/aromatic N) is 4. The van der Waals surface area contributed by atoms with Crippen molar-refractivity contribution in [1.29, 1.82) is 0 Å². The van der Waals surface area contributed by atoms with Crippen LogP contribution in [0, 0.1) is 0 Å². The molecular weight excluding hydrogens is 414 g/mol. The van der Waals surface area contributed by atoms with Gasteiger partial charge < -0.3 is 0 Å². The maximum atomic E-state index is 12.9. The number of benzene rings is 1. The number of hydrazone groups is 1. The van der Waals surface area contributed by atoms with Crippen LogP contribution in [-0.4, -0.2) is 26.8 Å². The van der Waals surface area contributed by atoms with E-state index in [4.69, 9.17) is 4.99 Å². The Kier molecular flexibility index (Phi) is 4.60. The van der Waals surface area contributed by atoms with E-state index in [9.17, 15) is 4.79 Å². The molecule has 1 N–H and O–H groups in total. The van der Waals surface area contributed by atoms with Crippen LogP contribution >= 0.6 is 27.7 Å². The molecule has 0 saturated carbocycles.